The Balaban J connectivity index is 2.73. The zero-order valence-corrected chi connectivity index (χ0v) is 7.05. The van der Waals surface area contributed by atoms with Crippen molar-refractivity contribution in [1.29, 1.82) is 0 Å². The summed E-state index contributed by atoms with van der Waals surface area (Å²) in [5.74, 6) is 0. The molecule has 1 rings (SSSR count). The van der Waals surface area contributed by atoms with Crippen molar-refractivity contribution in [3.05, 3.63) is 12.2 Å². The molecule has 0 radical (unpaired) electrons. The molecule has 0 amide bonds. The first-order valence-corrected chi connectivity index (χ1v) is 4.02. The minimum Gasteiger partial charge on any atom is -0.313 e. The SMILES string of the molecule is C=C(C(F)(F)F)C1(F)CCCNC1. The number of piperidine rings is 1. The monoisotopic (exact) mass is 197 g/mol. The van der Waals surface area contributed by atoms with Gasteiger partial charge in [-0.3, -0.25) is 0 Å². The minimum absolute atomic E-state index is 0.0989. The summed E-state index contributed by atoms with van der Waals surface area (Å²) in [4.78, 5) is 0. The van der Waals surface area contributed by atoms with E-state index in [-0.39, 0.29) is 13.0 Å². The fourth-order valence-electron chi connectivity index (χ4n) is 1.38. The predicted octanol–water partition coefficient (Wildman–Crippen LogP) is 2.20. The summed E-state index contributed by atoms with van der Waals surface area (Å²) in [5, 5.41) is 2.59. The fraction of sp³-hybridized carbons (Fsp3) is 0.750. The van der Waals surface area contributed by atoms with Gasteiger partial charge in [0.15, 0.2) is 5.67 Å². The molecule has 1 fully saturated rings. The lowest BCUT2D eigenvalue weighted by Gasteiger charge is -2.32. The predicted molar refractivity (Wildman–Crippen MR) is 41.1 cm³/mol. The van der Waals surface area contributed by atoms with Crippen molar-refractivity contribution in [2.75, 3.05) is 13.1 Å². The normalized spacial score (nSPS) is 30.2. The van der Waals surface area contributed by atoms with E-state index in [1.807, 2.05) is 0 Å². The molecule has 1 unspecified atom stereocenters. The molecule has 0 spiro atoms. The van der Waals surface area contributed by atoms with Crippen LogP contribution in [0.2, 0.25) is 0 Å². The molecule has 1 aliphatic rings. The fourth-order valence-corrected chi connectivity index (χ4v) is 1.38. The van der Waals surface area contributed by atoms with Crippen molar-refractivity contribution in [1.82, 2.24) is 5.32 Å². The van der Waals surface area contributed by atoms with E-state index in [0.717, 1.165) is 0 Å². The Kier molecular flexibility index (Phi) is 2.66. The zero-order valence-electron chi connectivity index (χ0n) is 7.05. The lowest BCUT2D eigenvalue weighted by Crippen LogP contribution is -2.46. The maximum absolute atomic E-state index is 13.6. The van der Waals surface area contributed by atoms with Crippen LogP contribution in [0.4, 0.5) is 17.6 Å². The molecule has 76 valence electrons. The molecule has 0 aliphatic carbocycles. The summed E-state index contributed by atoms with van der Waals surface area (Å²) in [6.07, 6.45) is -4.32. The van der Waals surface area contributed by atoms with Gasteiger partial charge in [-0.25, -0.2) is 4.39 Å². The Morgan fingerprint density at radius 2 is 2.00 bits per heavy atom. The summed E-state index contributed by atoms with van der Waals surface area (Å²) >= 11 is 0. The highest BCUT2D eigenvalue weighted by Crippen LogP contribution is 2.38. The van der Waals surface area contributed by atoms with E-state index in [2.05, 4.69) is 11.9 Å². The number of rotatable bonds is 1. The Hall–Kier alpha value is -0.580. The van der Waals surface area contributed by atoms with E-state index >= 15 is 0 Å². The van der Waals surface area contributed by atoms with Crippen LogP contribution in [0.5, 0.6) is 0 Å². The van der Waals surface area contributed by atoms with Crippen molar-refractivity contribution in [3.8, 4) is 0 Å². The molecule has 1 aliphatic heterocycles. The van der Waals surface area contributed by atoms with Gasteiger partial charge < -0.3 is 5.32 Å². The lowest BCUT2D eigenvalue weighted by molar-refractivity contribution is -0.111. The third-order valence-electron chi connectivity index (χ3n) is 2.21. The molecular weight excluding hydrogens is 186 g/mol. The number of nitrogens with one attached hydrogen (secondary N) is 1. The van der Waals surface area contributed by atoms with Gasteiger partial charge in [0.05, 0.1) is 5.57 Å². The summed E-state index contributed by atoms with van der Waals surface area (Å²) in [7, 11) is 0. The largest absolute Gasteiger partial charge is 0.415 e. The molecule has 1 atom stereocenters. The average Bonchev–Trinajstić information content (AvgIpc) is 2.03. The van der Waals surface area contributed by atoms with Gasteiger partial charge in [-0.1, -0.05) is 6.58 Å². The molecule has 0 bridgehead atoms. The standard InChI is InChI=1S/C8H11F4N/c1-6(8(10,11)12)7(9)3-2-4-13-5-7/h13H,1-5H2. The van der Waals surface area contributed by atoms with Gasteiger partial charge >= 0.3 is 6.18 Å². The van der Waals surface area contributed by atoms with E-state index in [0.29, 0.717) is 13.0 Å². The minimum atomic E-state index is -4.63. The summed E-state index contributed by atoms with van der Waals surface area (Å²) in [6.45, 7) is 3.06. The second kappa shape index (κ2) is 3.29. The molecule has 5 heteroatoms. The number of hydrogen-bond acceptors (Lipinski definition) is 1. The topological polar surface area (TPSA) is 12.0 Å². The van der Waals surface area contributed by atoms with Crippen molar-refractivity contribution in [2.24, 2.45) is 0 Å². The Bertz CT molecular complexity index is 203. The highest BCUT2D eigenvalue weighted by Gasteiger charge is 2.47. The van der Waals surface area contributed by atoms with Crippen LogP contribution in [0, 0.1) is 0 Å². The van der Waals surface area contributed by atoms with Gasteiger partial charge in [0.2, 0.25) is 0 Å². The van der Waals surface area contributed by atoms with Crippen LogP contribution in [-0.2, 0) is 0 Å². The summed E-state index contributed by atoms with van der Waals surface area (Å²) in [5.41, 5.74) is -3.58. The van der Waals surface area contributed by atoms with Crippen molar-refractivity contribution in [3.63, 3.8) is 0 Å². The molecular formula is C8H11F4N. The van der Waals surface area contributed by atoms with E-state index in [1.54, 1.807) is 0 Å². The second-order valence-electron chi connectivity index (χ2n) is 3.22. The maximum atomic E-state index is 13.6. The molecule has 13 heavy (non-hydrogen) atoms. The van der Waals surface area contributed by atoms with Crippen LogP contribution in [0.25, 0.3) is 0 Å². The molecule has 1 saturated heterocycles. The Morgan fingerprint density at radius 1 is 1.38 bits per heavy atom. The van der Waals surface area contributed by atoms with Crippen LogP contribution in [-0.4, -0.2) is 24.9 Å². The van der Waals surface area contributed by atoms with Gasteiger partial charge in [0.1, 0.15) is 0 Å². The average molecular weight is 197 g/mol. The Labute approximate surface area is 73.8 Å². The van der Waals surface area contributed by atoms with E-state index in [4.69, 9.17) is 0 Å². The van der Waals surface area contributed by atoms with Crippen molar-refractivity contribution >= 4 is 0 Å². The highest BCUT2D eigenvalue weighted by atomic mass is 19.4. The molecule has 1 nitrogen and oxygen atoms in total. The first-order chi connectivity index (χ1) is 5.86. The molecule has 1 N–H and O–H groups in total. The van der Waals surface area contributed by atoms with Crippen LogP contribution in [0.3, 0.4) is 0 Å². The van der Waals surface area contributed by atoms with Crippen LogP contribution in [0.15, 0.2) is 12.2 Å². The molecule has 1 heterocycles. The lowest BCUT2D eigenvalue weighted by atomic mass is 9.88. The molecule has 0 aromatic heterocycles. The van der Waals surface area contributed by atoms with Gasteiger partial charge in [0, 0.05) is 6.54 Å². The van der Waals surface area contributed by atoms with E-state index in [1.165, 1.54) is 0 Å². The molecule has 0 aromatic rings. The highest BCUT2D eigenvalue weighted by molar-refractivity contribution is 5.20. The first-order valence-electron chi connectivity index (χ1n) is 4.02. The van der Waals surface area contributed by atoms with Gasteiger partial charge in [-0.05, 0) is 19.4 Å². The van der Waals surface area contributed by atoms with E-state index in [9.17, 15) is 17.6 Å². The molecule has 0 saturated carbocycles. The number of halogens is 4. The van der Waals surface area contributed by atoms with Crippen LogP contribution >= 0.6 is 0 Å². The summed E-state index contributed by atoms with van der Waals surface area (Å²) < 4.78 is 49.9. The van der Waals surface area contributed by atoms with E-state index < -0.39 is 17.4 Å². The van der Waals surface area contributed by atoms with Gasteiger partial charge in [-0.2, -0.15) is 13.2 Å². The second-order valence-corrected chi connectivity index (χ2v) is 3.22. The number of hydrogen-bond donors (Lipinski definition) is 1. The molecule has 0 aromatic carbocycles. The zero-order chi connectivity index (χ0) is 10.1. The van der Waals surface area contributed by atoms with Crippen LogP contribution in [0.1, 0.15) is 12.8 Å². The maximum Gasteiger partial charge on any atom is 0.415 e. The third kappa shape index (κ3) is 2.21. The first kappa shape index (κ1) is 10.5. The van der Waals surface area contributed by atoms with Gasteiger partial charge in [-0.15, -0.1) is 0 Å². The van der Waals surface area contributed by atoms with Crippen LogP contribution < -0.4 is 5.32 Å². The van der Waals surface area contributed by atoms with Crippen molar-refractivity contribution < 1.29 is 17.6 Å². The smallest absolute Gasteiger partial charge is 0.313 e. The van der Waals surface area contributed by atoms with Gasteiger partial charge in [0.25, 0.3) is 0 Å². The number of alkyl halides is 4. The summed E-state index contributed by atoms with van der Waals surface area (Å²) in [6, 6.07) is 0. The Morgan fingerprint density at radius 3 is 2.38 bits per heavy atom. The van der Waals surface area contributed by atoms with Crippen molar-refractivity contribution in [2.45, 2.75) is 24.7 Å². The quantitative estimate of drug-likeness (QED) is 0.502. The third-order valence-corrected chi connectivity index (χ3v) is 2.21.